The number of aromatic nitrogens is 1. The first-order valence-corrected chi connectivity index (χ1v) is 20.7. The van der Waals surface area contributed by atoms with Crippen LogP contribution in [0, 0.1) is 0 Å². The second kappa shape index (κ2) is 13.2. The lowest BCUT2D eigenvalue weighted by Crippen LogP contribution is -1.96. The van der Waals surface area contributed by atoms with Gasteiger partial charge in [-0.05, 0) is 96.4 Å². The van der Waals surface area contributed by atoms with Crippen molar-refractivity contribution in [3.05, 3.63) is 212 Å². The second-order valence-corrected chi connectivity index (χ2v) is 16.2. The molecule has 0 fully saturated rings. The van der Waals surface area contributed by atoms with E-state index < -0.39 is 0 Å². The van der Waals surface area contributed by atoms with Crippen LogP contribution in [0.15, 0.2) is 212 Å². The number of rotatable bonds is 5. The van der Waals surface area contributed by atoms with Crippen molar-refractivity contribution in [2.45, 2.75) is 0 Å². The molecule has 12 rings (SSSR count). The quantitative estimate of drug-likeness (QED) is 0.154. The molecule has 0 saturated heterocycles. The van der Waals surface area contributed by atoms with E-state index in [0.717, 1.165) is 5.69 Å². The molecule has 0 atom stereocenters. The van der Waals surface area contributed by atoms with Gasteiger partial charge in [0.2, 0.25) is 0 Å². The standard InChI is InChI=1S/C56H35NS/c1-4-16-36(17-5-1)41-25-14-27-47-48-28-15-26-42(56(48)58-55(41)47)39-30-33-52-49(34-39)43-22-12-13-29-51(43)57(52)40-31-32-46-50(35-40)54(38-20-8-3-9-21-38)45-24-11-10-23-44(45)53(46)37-18-6-2-7-19-37/h1-35H. The van der Waals surface area contributed by atoms with E-state index in [1.165, 1.54) is 108 Å². The molecule has 2 heterocycles. The fourth-order valence-electron chi connectivity index (χ4n) is 9.45. The highest BCUT2D eigenvalue weighted by Gasteiger charge is 2.20. The maximum atomic E-state index is 2.46. The summed E-state index contributed by atoms with van der Waals surface area (Å²) in [4.78, 5) is 0. The topological polar surface area (TPSA) is 4.93 Å². The molecule has 2 heteroatoms. The van der Waals surface area contributed by atoms with Crippen LogP contribution in [0.5, 0.6) is 0 Å². The Morgan fingerprint density at radius 1 is 0.276 bits per heavy atom. The molecule has 270 valence electrons. The van der Waals surface area contributed by atoms with Crippen LogP contribution in [0.3, 0.4) is 0 Å². The van der Waals surface area contributed by atoms with Gasteiger partial charge in [-0.15, -0.1) is 11.3 Å². The average Bonchev–Trinajstić information content (AvgIpc) is 3.85. The molecule has 0 aliphatic carbocycles. The molecule has 0 bridgehead atoms. The third-order valence-corrected chi connectivity index (χ3v) is 13.3. The number of hydrogen-bond donors (Lipinski definition) is 0. The molecule has 0 unspecified atom stereocenters. The Balaban J connectivity index is 1.09. The number of fused-ring (bicyclic) bond motifs is 8. The lowest BCUT2D eigenvalue weighted by atomic mass is 9.86. The van der Waals surface area contributed by atoms with Crippen molar-refractivity contribution in [3.63, 3.8) is 0 Å². The van der Waals surface area contributed by atoms with Gasteiger partial charge in [0, 0.05) is 36.6 Å². The summed E-state index contributed by atoms with van der Waals surface area (Å²) < 4.78 is 5.13. The number of benzene rings is 10. The van der Waals surface area contributed by atoms with Crippen LogP contribution in [0.4, 0.5) is 0 Å². The predicted octanol–water partition coefficient (Wildman–Crippen LogP) is 16.1. The zero-order valence-electron chi connectivity index (χ0n) is 31.6. The van der Waals surface area contributed by atoms with Gasteiger partial charge in [0.05, 0.1) is 11.0 Å². The van der Waals surface area contributed by atoms with Crippen LogP contribution in [-0.2, 0) is 0 Å². The van der Waals surface area contributed by atoms with Crippen molar-refractivity contribution in [1.29, 1.82) is 0 Å². The zero-order valence-corrected chi connectivity index (χ0v) is 32.4. The van der Waals surface area contributed by atoms with Crippen molar-refractivity contribution >= 4 is 74.9 Å². The van der Waals surface area contributed by atoms with E-state index in [-0.39, 0.29) is 0 Å². The molecule has 0 N–H and O–H groups in total. The molecular formula is C56H35NS. The van der Waals surface area contributed by atoms with Gasteiger partial charge >= 0.3 is 0 Å². The molecule has 0 aliphatic rings. The SMILES string of the molecule is c1ccc(-c2c3ccccc3c(-c3ccccc3)c3cc(-n4c5ccccc5c5cc(-c6cccc7c6sc6c(-c8ccccc8)cccc67)ccc54)ccc23)cc1. The van der Waals surface area contributed by atoms with E-state index in [2.05, 4.69) is 217 Å². The third kappa shape index (κ3) is 5.02. The Morgan fingerprint density at radius 2 is 0.759 bits per heavy atom. The van der Waals surface area contributed by atoms with Crippen LogP contribution >= 0.6 is 11.3 Å². The van der Waals surface area contributed by atoms with Crippen LogP contribution in [0.2, 0.25) is 0 Å². The largest absolute Gasteiger partial charge is 0.309 e. The van der Waals surface area contributed by atoms with Crippen molar-refractivity contribution in [2.75, 3.05) is 0 Å². The van der Waals surface area contributed by atoms with Gasteiger partial charge in [-0.1, -0.05) is 182 Å². The van der Waals surface area contributed by atoms with E-state index in [0.29, 0.717) is 0 Å². The Labute approximate surface area is 340 Å². The Morgan fingerprint density at radius 3 is 1.40 bits per heavy atom. The lowest BCUT2D eigenvalue weighted by molar-refractivity contribution is 1.19. The Hall–Kier alpha value is -7.26. The Bertz CT molecular complexity index is 3540. The smallest absolute Gasteiger partial charge is 0.0541 e. The van der Waals surface area contributed by atoms with Gasteiger partial charge in [-0.2, -0.15) is 0 Å². The maximum absolute atomic E-state index is 2.46. The first-order chi connectivity index (χ1) is 28.8. The summed E-state index contributed by atoms with van der Waals surface area (Å²) in [5.41, 5.74) is 13.6. The minimum atomic E-state index is 1.15. The lowest BCUT2D eigenvalue weighted by Gasteiger charge is -2.19. The van der Waals surface area contributed by atoms with Crippen molar-refractivity contribution in [3.8, 4) is 50.2 Å². The molecule has 12 aromatic rings. The normalized spacial score (nSPS) is 11.8. The Kier molecular flexibility index (Phi) is 7.47. The highest BCUT2D eigenvalue weighted by Crippen LogP contribution is 2.47. The molecule has 0 radical (unpaired) electrons. The van der Waals surface area contributed by atoms with Crippen LogP contribution in [0.1, 0.15) is 0 Å². The fraction of sp³-hybridized carbons (Fsp3) is 0. The van der Waals surface area contributed by atoms with Crippen molar-refractivity contribution < 1.29 is 0 Å². The molecule has 0 amide bonds. The number of para-hydroxylation sites is 1. The summed E-state index contributed by atoms with van der Waals surface area (Å²) >= 11 is 1.91. The second-order valence-electron chi connectivity index (χ2n) is 15.2. The van der Waals surface area contributed by atoms with Gasteiger partial charge in [0.1, 0.15) is 0 Å². The van der Waals surface area contributed by atoms with E-state index in [9.17, 15) is 0 Å². The summed E-state index contributed by atoms with van der Waals surface area (Å²) in [7, 11) is 0. The van der Waals surface area contributed by atoms with Crippen LogP contribution in [0.25, 0.3) is 114 Å². The van der Waals surface area contributed by atoms with Crippen molar-refractivity contribution in [1.82, 2.24) is 4.57 Å². The van der Waals surface area contributed by atoms with Gasteiger partial charge in [0.25, 0.3) is 0 Å². The first-order valence-electron chi connectivity index (χ1n) is 19.9. The van der Waals surface area contributed by atoms with Gasteiger partial charge < -0.3 is 4.57 Å². The number of thiophene rings is 1. The van der Waals surface area contributed by atoms with E-state index in [1.807, 2.05) is 11.3 Å². The molecular weight excluding hydrogens is 719 g/mol. The average molecular weight is 754 g/mol. The minimum absolute atomic E-state index is 1.15. The summed E-state index contributed by atoms with van der Waals surface area (Å²) in [6.45, 7) is 0. The summed E-state index contributed by atoms with van der Waals surface area (Å²) in [6, 6.07) is 78.1. The first kappa shape index (κ1) is 32.9. The van der Waals surface area contributed by atoms with Crippen LogP contribution < -0.4 is 0 Å². The monoisotopic (exact) mass is 753 g/mol. The number of hydrogen-bond acceptors (Lipinski definition) is 1. The molecule has 10 aromatic carbocycles. The highest BCUT2D eigenvalue weighted by molar-refractivity contribution is 7.26. The third-order valence-electron chi connectivity index (χ3n) is 12.0. The fourth-order valence-corrected chi connectivity index (χ4v) is 10.8. The van der Waals surface area contributed by atoms with Gasteiger partial charge in [-0.25, -0.2) is 0 Å². The summed E-state index contributed by atoms with van der Waals surface area (Å²) in [5.74, 6) is 0. The van der Waals surface area contributed by atoms with Gasteiger partial charge in [-0.3, -0.25) is 0 Å². The van der Waals surface area contributed by atoms with E-state index in [4.69, 9.17) is 0 Å². The minimum Gasteiger partial charge on any atom is -0.309 e. The molecule has 58 heavy (non-hydrogen) atoms. The molecule has 1 nitrogen and oxygen atoms in total. The highest BCUT2D eigenvalue weighted by atomic mass is 32.1. The molecule has 0 saturated carbocycles. The van der Waals surface area contributed by atoms with E-state index >= 15 is 0 Å². The molecule has 0 spiro atoms. The maximum Gasteiger partial charge on any atom is 0.0541 e. The van der Waals surface area contributed by atoms with Crippen LogP contribution in [-0.4, -0.2) is 4.57 Å². The van der Waals surface area contributed by atoms with Gasteiger partial charge in [0.15, 0.2) is 0 Å². The van der Waals surface area contributed by atoms with E-state index in [1.54, 1.807) is 0 Å². The molecule has 2 aromatic heterocycles. The van der Waals surface area contributed by atoms with Crippen molar-refractivity contribution in [2.24, 2.45) is 0 Å². The summed E-state index contributed by atoms with van der Waals surface area (Å²) in [5, 5.41) is 10.2. The summed E-state index contributed by atoms with van der Waals surface area (Å²) in [6.07, 6.45) is 0. The zero-order chi connectivity index (χ0) is 38.2. The predicted molar refractivity (Wildman–Crippen MR) is 250 cm³/mol. The molecule has 0 aliphatic heterocycles. The number of nitrogens with zero attached hydrogens (tertiary/aromatic N) is 1.